The largest absolute Gasteiger partial charge is 0.312 e. The predicted octanol–water partition coefficient (Wildman–Crippen LogP) is 3.08. The average molecular weight is 260 g/mol. The third kappa shape index (κ3) is 4.96. The van der Waals surface area contributed by atoms with Crippen LogP contribution < -0.4 is 5.32 Å². The number of benzene rings is 1. The Morgan fingerprint density at radius 2 is 1.95 bits per heavy atom. The van der Waals surface area contributed by atoms with Crippen LogP contribution in [0.3, 0.4) is 0 Å². The van der Waals surface area contributed by atoms with Gasteiger partial charge in [0.05, 0.1) is 0 Å². The van der Waals surface area contributed by atoms with Crippen molar-refractivity contribution >= 4 is 0 Å². The molecule has 1 aromatic carbocycles. The summed E-state index contributed by atoms with van der Waals surface area (Å²) >= 11 is 0. The summed E-state index contributed by atoms with van der Waals surface area (Å²) in [6.07, 6.45) is 5.17. The SMILES string of the molecule is CCC(Cc1ccccc1)NCCN(CC)C1CC1. The fraction of sp³-hybridized carbons (Fsp3) is 0.647. The van der Waals surface area contributed by atoms with Crippen LogP contribution in [0, 0.1) is 0 Å². The molecule has 2 heteroatoms. The van der Waals surface area contributed by atoms with E-state index in [1.54, 1.807) is 0 Å². The summed E-state index contributed by atoms with van der Waals surface area (Å²) in [4.78, 5) is 2.61. The van der Waals surface area contributed by atoms with E-state index in [1.165, 1.54) is 37.9 Å². The fourth-order valence-electron chi connectivity index (χ4n) is 2.71. The minimum atomic E-state index is 0.611. The Labute approximate surface area is 118 Å². The smallest absolute Gasteiger partial charge is 0.0110 e. The molecule has 1 aliphatic rings. The van der Waals surface area contributed by atoms with Crippen LogP contribution in [-0.2, 0) is 6.42 Å². The zero-order valence-electron chi connectivity index (χ0n) is 12.4. The van der Waals surface area contributed by atoms with E-state index in [2.05, 4.69) is 54.4 Å². The number of nitrogens with one attached hydrogen (secondary N) is 1. The Hall–Kier alpha value is -0.860. The van der Waals surface area contributed by atoms with E-state index in [0.29, 0.717) is 6.04 Å². The quantitative estimate of drug-likeness (QED) is 0.734. The van der Waals surface area contributed by atoms with Gasteiger partial charge in [-0.15, -0.1) is 0 Å². The van der Waals surface area contributed by atoms with E-state index >= 15 is 0 Å². The van der Waals surface area contributed by atoms with Gasteiger partial charge in [-0.1, -0.05) is 44.2 Å². The second-order valence-corrected chi connectivity index (χ2v) is 5.61. The number of hydrogen-bond acceptors (Lipinski definition) is 2. The third-order valence-corrected chi connectivity index (χ3v) is 4.12. The van der Waals surface area contributed by atoms with Crippen LogP contribution in [0.2, 0.25) is 0 Å². The molecule has 0 saturated heterocycles. The predicted molar refractivity (Wildman–Crippen MR) is 82.5 cm³/mol. The molecule has 0 aliphatic heterocycles. The normalized spacial score (nSPS) is 16.8. The maximum atomic E-state index is 3.72. The van der Waals surface area contributed by atoms with Gasteiger partial charge in [-0.3, -0.25) is 4.90 Å². The van der Waals surface area contributed by atoms with Gasteiger partial charge in [0, 0.05) is 25.2 Å². The van der Waals surface area contributed by atoms with Crippen LogP contribution in [0.25, 0.3) is 0 Å². The molecule has 1 aromatic rings. The average Bonchev–Trinajstić information content (AvgIpc) is 3.28. The van der Waals surface area contributed by atoms with Gasteiger partial charge in [-0.25, -0.2) is 0 Å². The summed E-state index contributed by atoms with van der Waals surface area (Å²) in [5.41, 5.74) is 1.44. The maximum absolute atomic E-state index is 3.72. The van der Waals surface area contributed by atoms with Gasteiger partial charge in [-0.05, 0) is 37.8 Å². The summed E-state index contributed by atoms with van der Waals surface area (Å²) in [5.74, 6) is 0. The van der Waals surface area contributed by atoms with Gasteiger partial charge in [0.15, 0.2) is 0 Å². The first-order valence-electron chi connectivity index (χ1n) is 7.84. The standard InChI is InChI=1S/C17H28N2/c1-3-16(14-15-8-6-5-7-9-15)18-12-13-19(4-2)17-10-11-17/h5-9,16-18H,3-4,10-14H2,1-2H3. The lowest BCUT2D eigenvalue weighted by molar-refractivity contribution is 0.271. The number of rotatable bonds is 9. The fourth-order valence-corrected chi connectivity index (χ4v) is 2.71. The highest BCUT2D eigenvalue weighted by Gasteiger charge is 2.27. The van der Waals surface area contributed by atoms with E-state index in [4.69, 9.17) is 0 Å². The Kier molecular flexibility index (Phi) is 5.87. The first kappa shape index (κ1) is 14.5. The van der Waals surface area contributed by atoms with Crippen molar-refractivity contribution in [2.45, 2.75) is 51.6 Å². The highest BCUT2D eigenvalue weighted by molar-refractivity contribution is 5.15. The van der Waals surface area contributed by atoms with Crippen LogP contribution in [-0.4, -0.2) is 36.6 Å². The van der Waals surface area contributed by atoms with Gasteiger partial charge in [-0.2, -0.15) is 0 Å². The van der Waals surface area contributed by atoms with Crippen molar-refractivity contribution < 1.29 is 0 Å². The zero-order valence-corrected chi connectivity index (χ0v) is 12.4. The molecule has 0 bridgehead atoms. The molecule has 1 aliphatic carbocycles. The molecule has 1 N–H and O–H groups in total. The van der Waals surface area contributed by atoms with Crippen molar-refractivity contribution in [3.63, 3.8) is 0 Å². The van der Waals surface area contributed by atoms with Gasteiger partial charge in [0.1, 0.15) is 0 Å². The first-order valence-corrected chi connectivity index (χ1v) is 7.84. The monoisotopic (exact) mass is 260 g/mol. The van der Waals surface area contributed by atoms with E-state index in [1.807, 2.05) is 0 Å². The number of hydrogen-bond donors (Lipinski definition) is 1. The van der Waals surface area contributed by atoms with Crippen molar-refractivity contribution in [3.05, 3.63) is 35.9 Å². The van der Waals surface area contributed by atoms with Crippen LogP contribution >= 0.6 is 0 Å². The molecule has 0 radical (unpaired) electrons. The van der Waals surface area contributed by atoms with E-state index in [0.717, 1.165) is 19.0 Å². The zero-order chi connectivity index (χ0) is 13.5. The van der Waals surface area contributed by atoms with Crippen LogP contribution in [0.15, 0.2) is 30.3 Å². The summed E-state index contributed by atoms with van der Waals surface area (Å²) in [6, 6.07) is 12.3. The van der Waals surface area contributed by atoms with Crippen molar-refractivity contribution in [3.8, 4) is 0 Å². The van der Waals surface area contributed by atoms with Crippen molar-refractivity contribution in [1.82, 2.24) is 10.2 Å². The van der Waals surface area contributed by atoms with Crippen molar-refractivity contribution in [2.75, 3.05) is 19.6 Å². The van der Waals surface area contributed by atoms with Crippen LogP contribution in [0.5, 0.6) is 0 Å². The molecule has 0 amide bonds. The minimum absolute atomic E-state index is 0.611. The van der Waals surface area contributed by atoms with Crippen LogP contribution in [0.4, 0.5) is 0 Å². The molecule has 0 heterocycles. The van der Waals surface area contributed by atoms with Gasteiger partial charge in [0.2, 0.25) is 0 Å². The molecule has 1 unspecified atom stereocenters. The summed E-state index contributed by atoms with van der Waals surface area (Å²) in [7, 11) is 0. The number of nitrogens with zero attached hydrogens (tertiary/aromatic N) is 1. The molecule has 2 rings (SSSR count). The number of likely N-dealkylation sites (N-methyl/N-ethyl adjacent to an activating group) is 1. The lowest BCUT2D eigenvalue weighted by Gasteiger charge is -2.23. The molecule has 1 atom stereocenters. The molecular formula is C17H28N2. The van der Waals surface area contributed by atoms with E-state index < -0.39 is 0 Å². The molecular weight excluding hydrogens is 232 g/mol. The minimum Gasteiger partial charge on any atom is -0.312 e. The van der Waals surface area contributed by atoms with E-state index in [9.17, 15) is 0 Å². The summed E-state index contributed by atoms with van der Waals surface area (Å²) < 4.78 is 0. The van der Waals surface area contributed by atoms with Gasteiger partial charge >= 0.3 is 0 Å². The highest BCUT2D eigenvalue weighted by Crippen LogP contribution is 2.25. The van der Waals surface area contributed by atoms with E-state index in [-0.39, 0.29) is 0 Å². The lowest BCUT2D eigenvalue weighted by atomic mass is 10.0. The van der Waals surface area contributed by atoms with Crippen molar-refractivity contribution in [2.24, 2.45) is 0 Å². The molecule has 106 valence electrons. The third-order valence-electron chi connectivity index (χ3n) is 4.12. The first-order chi connectivity index (χ1) is 9.33. The van der Waals surface area contributed by atoms with Crippen LogP contribution in [0.1, 0.15) is 38.7 Å². The van der Waals surface area contributed by atoms with Gasteiger partial charge in [0.25, 0.3) is 0 Å². The Bertz CT molecular complexity index is 346. The summed E-state index contributed by atoms with van der Waals surface area (Å²) in [5, 5.41) is 3.72. The molecule has 1 saturated carbocycles. The molecule has 1 fully saturated rings. The molecule has 0 spiro atoms. The Morgan fingerprint density at radius 3 is 2.53 bits per heavy atom. The topological polar surface area (TPSA) is 15.3 Å². The lowest BCUT2D eigenvalue weighted by Crippen LogP contribution is -2.38. The second kappa shape index (κ2) is 7.66. The second-order valence-electron chi connectivity index (χ2n) is 5.61. The molecule has 0 aromatic heterocycles. The molecule has 19 heavy (non-hydrogen) atoms. The Balaban J connectivity index is 1.70. The Morgan fingerprint density at radius 1 is 1.21 bits per heavy atom. The molecule has 2 nitrogen and oxygen atoms in total. The van der Waals surface area contributed by atoms with Gasteiger partial charge < -0.3 is 5.32 Å². The highest BCUT2D eigenvalue weighted by atomic mass is 15.2. The van der Waals surface area contributed by atoms with Crippen molar-refractivity contribution in [1.29, 1.82) is 0 Å². The maximum Gasteiger partial charge on any atom is 0.0110 e. The summed E-state index contributed by atoms with van der Waals surface area (Å²) in [6.45, 7) is 8.07.